The summed E-state index contributed by atoms with van der Waals surface area (Å²) in [6, 6.07) is 14.3. The summed E-state index contributed by atoms with van der Waals surface area (Å²) < 4.78 is 5.05. The fourth-order valence-electron chi connectivity index (χ4n) is 2.16. The first-order chi connectivity index (χ1) is 10.1. The van der Waals surface area contributed by atoms with Crippen LogP contribution in [0.3, 0.4) is 0 Å². The van der Waals surface area contributed by atoms with Crippen LogP contribution in [0.4, 0.5) is 5.69 Å². The first-order valence-corrected chi connectivity index (χ1v) is 6.74. The summed E-state index contributed by atoms with van der Waals surface area (Å²) >= 11 is 0. The van der Waals surface area contributed by atoms with Crippen molar-refractivity contribution in [3.05, 3.63) is 65.2 Å². The van der Waals surface area contributed by atoms with E-state index in [2.05, 4.69) is 5.32 Å². The van der Waals surface area contributed by atoms with Crippen LogP contribution < -0.4 is 5.32 Å². The standard InChI is InChI=1S/C17H19NO3/c1-12-4-3-5-15(10-12)18-16(17(19)20)14-8-6-13(7-9-14)11-21-2/h3-10,16,18H,11H2,1-2H3,(H,19,20). The van der Waals surface area contributed by atoms with Crippen LogP contribution in [0.25, 0.3) is 0 Å². The molecule has 110 valence electrons. The van der Waals surface area contributed by atoms with Gasteiger partial charge in [0.15, 0.2) is 6.04 Å². The number of rotatable bonds is 6. The quantitative estimate of drug-likeness (QED) is 0.854. The van der Waals surface area contributed by atoms with Gasteiger partial charge in [0.25, 0.3) is 0 Å². The Labute approximate surface area is 124 Å². The van der Waals surface area contributed by atoms with E-state index in [4.69, 9.17) is 4.74 Å². The lowest BCUT2D eigenvalue weighted by molar-refractivity contribution is -0.138. The van der Waals surface area contributed by atoms with Gasteiger partial charge in [0, 0.05) is 12.8 Å². The van der Waals surface area contributed by atoms with Crippen LogP contribution in [0.1, 0.15) is 22.7 Å². The number of aliphatic carboxylic acids is 1. The number of aryl methyl sites for hydroxylation is 1. The molecule has 0 aromatic heterocycles. The zero-order chi connectivity index (χ0) is 15.2. The van der Waals surface area contributed by atoms with Gasteiger partial charge < -0.3 is 15.2 Å². The second kappa shape index (κ2) is 6.90. The predicted octanol–water partition coefficient (Wildman–Crippen LogP) is 3.38. The van der Waals surface area contributed by atoms with Gasteiger partial charge >= 0.3 is 5.97 Å². The molecule has 0 fully saturated rings. The Morgan fingerprint density at radius 2 is 1.95 bits per heavy atom. The normalized spacial score (nSPS) is 11.9. The molecule has 0 spiro atoms. The van der Waals surface area contributed by atoms with E-state index in [1.165, 1.54) is 0 Å². The molecule has 1 atom stereocenters. The number of ether oxygens (including phenoxy) is 1. The van der Waals surface area contributed by atoms with Gasteiger partial charge in [-0.1, -0.05) is 36.4 Å². The maximum atomic E-state index is 11.5. The predicted molar refractivity (Wildman–Crippen MR) is 82.3 cm³/mol. The van der Waals surface area contributed by atoms with E-state index in [9.17, 15) is 9.90 Å². The number of hydrogen-bond donors (Lipinski definition) is 2. The molecule has 0 aliphatic carbocycles. The molecular weight excluding hydrogens is 266 g/mol. The number of carboxylic acids is 1. The molecule has 0 aliphatic rings. The third kappa shape index (κ3) is 4.07. The SMILES string of the molecule is COCc1ccc(C(Nc2cccc(C)c2)C(=O)O)cc1. The van der Waals surface area contributed by atoms with Crippen molar-refractivity contribution in [1.82, 2.24) is 0 Å². The molecular formula is C17H19NO3. The number of benzene rings is 2. The van der Waals surface area contributed by atoms with Crippen LogP contribution in [-0.2, 0) is 16.1 Å². The summed E-state index contributed by atoms with van der Waals surface area (Å²) in [6.45, 7) is 2.49. The van der Waals surface area contributed by atoms with Gasteiger partial charge in [-0.2, -0.15) is 0 Å². The van der Waals surface area contributed by atoms with E-state index < -0.39 is 12.0 Å². The summed E-state index contributed by atoms with van der Waals surface area (Å²) in [6.07, 6.45) is 0. The average molecular weight is 285 g/mol. The second-order valence-electron chi connectivity index (χ2n) is 4.96. The lowest BCUT2D eigenvalue weighted by atomic mass is 10.0. The van der Waals surface area contributed by atoms with E-state index >= 15 is 0 Å². The van der Waals surface area contributed by atoms with Crippen LogP contribution in [0.2, 0.25) is 0 Å². The first-order valence-electron chi connectivity index (χ1n) is 6.74. The van der Waals surface area contributed by atoms with Gasteiger partial charge in [-0.3, -0.25) is 0 Å². The molecule has 4 heteroatoms. The molecule has 2 rings (SSSR count). The number of nitrogens with one attached hydrogen (secondary N) is 1. The maximum Gasteiger partial charge on any atom is 0.330 e. The number of methoxy groups -OCH3 is 1. The Hall–Kier alpha value is -2.33. The van der Waals surface area contributed by atoms with E-state index in [1.54, 1.807) is 7.11 Å². The van der Waals surface area contributed by atoms with Gasteiger partial charge in [-0.05, 0) is 35.7 Å². The van der Waals surface area contributed by atoms with E-state index in [-0.39, 0.29) is 0 Å². The Balaban J connectivity index is 2.20. The van der Waals surface area contributed by atoms with Gasteiger partial charge in [0.05, 0.1) is 6.61 Å². The topological polar surface area (TPSA) is 58.6 Å². The fraction of sp³-hybridized carbons (Fsp3) is 0.235. The van der Waals surface area contributed by atoms with E-state index in [1.807, 2.05) is 55.5 Å². The molecule has 4 nitrogen and oxygen atoms in total. The average Bonchev–Trinajstić information content (AvgIpc) is 2.46. The molecule has 0 aliphatic heterocycles. The van der Waals surface area contributed by atoms with Crippen molar-refractivity contribution in [3.8, 4) is 0 Å². The largest absolute Gasteiger partial charge is 0.479 e. The first kappa shape index (κ1) is 15.1. The van der Waals surface area contributed by atoms with Crippen LogP contribution in [0, 0.1) is 6.92 Å². The van der Waals surface area contributed by atoms with Crippen LogP contribution in [0.5, 0.6) is 0 Å². The Bertz CT molecular complexity index is 608. The molecule has 2 N–H and O–H groups in total. The number of carboxylic acid groups (broad SMARTS) is 1. The van der Waals surface area contributed by atoms with E-state index in [0.29, 0.717) is 12.2 Å². The number of hydrogen-bond acceptors (Lipinski definition) is 3. The second-order valence-corrected chi connectivity index (χ2v) is 4.96. The molecule has 0 bridgehead atoms. The molecule has 0 radical (unpaired) electrons. The molecule has 21 heavy (non-hydrogen) atoms. The van der Waals surface area contributed by atoms with Crippen molar-refractivity contribution >= 4 is 11.7 Å². The summed E-state index contributed by atoms with van der Waals surface area (Å²) in [4.78, 5) is 11.5. The van der Waals surface area contributed by atoms with Gasteiger partial charge in [-0.25, -0.2) is 4.79 Å². The van der Waals surface area contributed by atoms with Gasteiger partial charge in [0.2, 0.25) is 0 Å². The van der Waals surface area contributed by atoms with E-state index in [0.717, 1.165) is 16.8 Å². The summed E-state index contributed by atoms with van der Waals surface area (Å²) in [5.74, 6) is -0.906. The fourth-order valence-corrected chi connectivity index (χ4v) is 2.16. The third-order valence-corrected chi connectivity index (χ3v) is 3.20. The van der Waals surface area contributed by atoms with Crippen molar-refractivity contribution < 1.29 is 14.6 Å². The monoisotopic (exact) mass is 285 g/mol. The van der Waals surface area contributed by atoms with Crippen molar-refractivity contribution in [1.29, 1.82) is 0 Å². The highest BCUT2D eigenvalue weighted by atomic mass is 16.5. The minimum absolute atomic E-state index is 0.517. The van der Waals surface area contributed by atoms with Crippen molar-refractivity contribution in [3.63, 3.8) is 0 Å². The zero-order valence-electron chi connectivity index (χ0n) is 12.2. The van der Waals surface area contributed by atoms with Crippen LogP contribution >= 0.6 is 0 Å². The maximum absolute atomic E-state index is 11.5. The summed E-state index contributed by atoms with van der Waals surface area (Å²) in [5.41, 5.74) is 3.60. The Kier molecular flexibility index (Phi) is 4.95. The third-order valence-electron chi connectivity index (χ3n) is 3.20. The molecule has 0 heterocycles. The highest BCUT2D eigenvalue weighted by Gasteiger charge is 2.19. The van der Waals surface area contributed by atoms with Crippen molar-refractivity contribution in [2.24, 2.45) is 0 Å². The van der Waals surface area contributed by atoms with Crippen molar-refractivity contribution in [2.45, 2.75) is 19.6 Å². The summed E-state index contributed by atoms with van der Waals surface area (Å²) in [5, 5.41) is 12.5. The molecule has 0 amide bonds. The lowest BCUT2D eigenvalue weighted by Crippen LogP contribution is -2.20. The lowest BCUT2D eigenvalue weighted by Gasteiger charge is -2.17. The highest BCUT2D eigenvalue weighted by Crippen LogP contribution is 2.21. The molecule has 1 unspecified atom stereocenters. The minimum Gasteiger partial charge on any atom is -0.479 e. The number of anilines is 1. The number of carbonyl (C=O) groups is 1. The van der Waals surface area contributed by atoms with Gasteiger partial charge in [0.1, 0.15) is 0 Å². The van der Waals surface area contributed by atoms with Crippen molar-refractivity contribution in [2.75, 3.05) is 12.4 Å². The molecule has 2 aromatic rings. The molecule has 0 saturated carbocycles. The molecule has 0 saturated heterocycles. The zero-order valence-corrected chi connectivity index (χ0v) is 12.2. The Morgan fingerprint density at radius 1 is 1.24 bits per heavy atom. The smallest absolute Gasteiger partial charge is 0.330 e. The van der Waals surface area contributed by atoms with Crippen LogP contribution in [-0.4, -0.2) is 18.2 Å². The Morgan fingerprint density at radius 3 is 2.52 bits per heavy atom. The highest BCUT2D eigenvalue weighted by molar-refractivity contribution is 5.79. The summed E-state index contributed by atoms with van der Waals surface area (Å²) in [7, 11) is 1.63. The van der Waals surface area contributed by atoms with Gasteiger partial charge in [-0.15, -0.1) is 0 Å². The van der Waals surface area contributed by atoms with Crippen LogP contribution in [0.15, 0.2) is 48.5 Å². The molecule has 2 aromatic carbocycles. The minimum atomic E-state index is -0.906.